The third-order valence-electron chi connectivity index (χ3n) is 2.10. The van der Waals surface area contributed by atoms with Crippen molar-refractivity contribution in [2.24, 2.45) is 0 Å². The van der Waals surface area contributed by atoms with Gasteiger partial charge in [0.05, 0.1) is 5.56 Å². The standard InChI is InChI=1S/C11H15F3N2O.2C2H6/c1-3-15-8(2)7-17-10-5-4-9(6-16-10)11(12,13)14;2*1-2/h4-6,8,15H,3,7H2,1-2H3;2*1-2H3. The van der Waals surface area contributed by atoms with Gasteiger partial charge in [-0.05, 0) is 19.5 Å². The lowest BCUT2D eigenvalue weighted by atomic mass is 10.3. The molecular weight excluding hydrogens is 281 g/mol. The van der Waals surface area contributed by atoms with Gasteiger partial charge in [0.2, 0.25) is 5.88 Å². The van der Waals surface area contributed by atoms with Crippen LogP contribution in [0.3, 0.4) is 0 Å². The van der Waals surface area contributed by atoms with Gasteiger partial charge in [-0.2, -0.15) is 13.2 Å². The number of rotatable bonds is 5. The Bertz CT molecular complexity index is 340. The normalized spacial score (nSPS) is 11.5. The Morgan fingerprint density at radius 2 is 1.76 bits per heavy atom. The van der Waals surface area contributed by atoms with E-state index >= 15 is 0 Å². The predicted molar refractivity (Wildman–Crippen MR) is 80.6 cm³/mol. The molecule has 6 heteroatoms. The van der Waals surface area contributed by atoms with Crippen LogP contribution in [0.2, 0.25) is 0 Å². The average Bonchev–Trinajstić information content (AvgIpc) is 2.49. The number of alkyl halides is 3. The van der Waals surface area contributed by atoms with E-state index in [2.05, 4.69) is 10.3 Å². The average molecular weight is 308 g/mol. The van der Waals surface area contributed by atoms with Crippen LogP contribution in [-0.4, -0.2) is 24.2 Å². The SMILES string of the molecule is CC.CC.CCNC(C)COc1ccc(C(F)(F)F)cn1. The number of halogens is 3. The minimum Gasteiger partial charge on any atom is -0.476 e. The van der Waals surface area contributed by atoms with Crippen molar-refractivity contribution >= 4 is 0 Å². The number of ether oxygens (including phenoxy) is 1. The number of nitrogens with zero attached hydrogens (tertiary/aromatic N) is 1. The van der Waals surface area contributed by atoms with E-state index in [1.807, 2.05) is 41.5 Å². The van der Waals surface area contributed by atoms with Gasteiger partial charge < -0.3 is 10.1 Å². The third kappa shape index (κ3) is 10.1. The van der Waals surface area contributed by atoms with Crippen molar-refractivity contribution in [3.63, 3.8) is 0 Å². The van der Waals surface area contributed by atoms with E-state index in [4.69, 9.17) is 4.74 Å². The molecule has 1 N–H and O–H groups in total. The zero-order chi connectivity index (χ0) is 16.9. The Morgan fingerprint density at radius 3 is 2.14 bits per heavy atom. The maximum Gasteiger partial charge on any atom is 0.417 e. The molecule has 1 unspecified atom stereocenters. The number of nitrogens with one attached hydrogen (secondary N) is 1. The van der Waals surface area contributed by atoms with Crippen molar-refractivity contribution in [1.82, 2.24) is 10.3 Å². The Balaban J connectivity index is 0. The van der Waals surface area contributed by atoms with E-state index in [1.165, 1.54) is 6.07 Å². The van der Waals surface area contributed by atoms with Gasteiger partial charge in [-0.15, -0.1) is 0 Å². The summed E-state index contributed by atoms with van der Waals surface area (Å²) in [5.41, 5.74) is -0.774. The maximum atomic E-state index is 12.2. The third-order valence-corrected chi connectivity index (χ3v) is 2.10. The summed E-state index contributed by atoms with van der Waals surface area (Å²) in [7, 11) is 0. The highest BCUT2D eigenvalue weighted by molar-refractivity contribution is 5.20. The number of hydrogen-bond donors (Lipinski definition) is 1. The fourth-order valence-electron chi connectivity index (χ4n) is 1.25. The first-order valence-corrected chi connectivity index (χ1v) is 7.33. The molecule has 1 atom stereocenters. The Morgan fingerprint density at radius 1 is 1.19 bits per heavy atom. The second-order valence-corrected chi connectivity index (χ2v) is 3.65. The van der Waals surface area contributed by atoms with Crippen LogP contribution in [-0.2, 0) is 6.18 Å². The molecule has 21 heavy (non-hydrogen) atoms. The van der Waals surface area contributed by atoms with Crippen LogP contribution in [0.4, 0.5) is 13.2 Å². The highest BCUT2D eigenvalue weighted by Gasteiger charge is 2.30. The fraction of sp³-hybridized carbons (Fsp3) is 0.667. The molecule has 0 fully saturated rings. The molecule has 124 valence electrons. The predicted octanol–water partition coefficient (Wildman–Crippen LogP) is 4.53. The number of hydrogen-bond acceptors (Lipinski definition) is 3. The van der Waals surface area contributed by atoms with Crippen LogP contribution < -0.4 is 10.1 Å². The molecule has 1 aromatic rings. The maximum absolute atomic E-state index is 12.2. The number of likely N-dealkylation sites (N-methyl/N-ethyl adjacent to an activating group) is 1. The second-order valence-electron chi connectivity index (χ2n) is 3.65. The zero-order valence-electron chi connectivity index (χ0n) is 13.7. The van der Waals surface area contributed by atoms with Crippen molar-refractivity contribution in [1.29, 1.82) is 0 Å². The molecule has 0 amide bonds. The molecule has 0 aliphatic heterocycles. The van der Waals surface area contributed by atoms with Crippen LogP contribution in [0.5, 0.6) is 5.88 Å². The van der Waals surface area contributed by atoms with Crippen LogP contribution >= 0.6 is 0 Å². The molecule has 0 aromatic carbocycles. The first kappa shape index (κ1) is 22.0. The summed E-state index contributed by atoms with van der Waals surface area (Å²) in [5.74, 6) is 0.197. The number of pyridine rings is 1. The van der Waals surface area contributed by atoms with E-state index in [0.29, 0.717) is 6.61 Å². The number of aromatic nitrogens is 1. The minimum atomic E-state index is -4.36. The quantitative estimate of drug-likeness (QED) is 0.868. The molecule has 0 saturated heterocycles. The lowest BCUT2D eigenvalue weighted by Gasteiger charge is -2.13. The van der Waals surface area contributed by atoms with Gasteiger partial charge in [-0.1, -0.05) is 34.6 Å². The second kappa shape index (κ2) is 12.4. The smallest absolute Gasteiger partial charge is 0.417 e. The van der Waals surface area contributed by atoms with Crippen LogP contribution in [0.15, 0.2) is 18.3 Å². The monoisotopic (exact) mass is 308 g/mol. The van der Waals surface area contributed by atoms with Gasteiger partial charge in [0.1, 0.15) is 6.61 Å². The molecule has 0 aliphatic carbocycles. The van der Waals surface area contributed by atoms with Gasteiger partial charge in [0.25, 0.3) is 0 Å². The first-order valence-electron chi connectivity index (χ1n) is 7.33. The Labute approximate surface area is 125 Å². The van der Waals surface area contributed by atoms with Crippen molar-refractivity contribution in [2.45, 2.75) is 53.8 Å². The van der Waals surface area contributed by atoms with Crippen molar-refractivity contribution in [3.8, 4) is 5.88 Å². The lowest BCUT2D eigenvalue weighted by Crippen LogP contribution is -2.31. The largest absolute Gasteiger partial charge is 0.476 e. The summed E-state index contributed by atoms with van der Waals surface area (Å²) < 4.78 is 42.0. The summed E-state index contributed by atoms with van der Waals surface area (Å²) >= 11 is 0. The molecule has 1 heterocycles. The Kier molecular flexibility index (Phi) is 13.0. The van der Waals surface area contributed by atoms with E-state index < -0.39 is 11.7 Å². The van der Waals surface area contributed by atoms with Gasteiger partial charge >= 0.3 is 6.18 Å². The molecule has 1 rings (SSSR count). The molecular formula is C15H27F3N2O. The molecule has 0 spiro atoms. The summed E-state index contributed by atoms with van der Waals surface area (Å²) in [6.07, 6.45) is -3.59. The van der Waals surface area contributed by atoms with E-state index in [-0.39, 0.29) is 11.9 Å². The first-order chi connectivity index (χ1) is 9.93. The van der Waals surface area contributed by atoms with Gasteiger partial charge in [0, 0.05) is 18.3 Å². The van der Waals surface area contributed by atoms with Crippen molar-refractivity contribution < 1.29 is 17.9 Å². The summed E-state index contributed by atoms with van der Waals surface area (Å²) in [4.78, 5) is 3.61. The van der Waals surface area contributed by atoms with Crippen LogP contribution in [0.1, 0.15) is 47.1 Å². The van der Waals surface area contributed by atoms with E-state index in [9.17, 15) is 13.2 Å². The summed E-state index contributed by atoms with van der Waals surface area (Å²) in [6, 6.07) is 2.31. The van der Waals surface area contributed by atoms with Crippen molar-refractivity contribution in [3.05, 3.63) is 23.9 Å². The van der Waals surface area contributed by atoms with Gasteiger partial charge in [-0.3, -0.25) is 0 Å². The molecule has 3 nitrogen and oxygen atoms in total. The molecule has 0 saturated carbocycles. The van der Waals surface area contributed by atoms with Crippen molar-refractivity contribution in [2.75, 3.05) is 13.2 Å². The summed E-state index contributed by atoms with van der Waals surface area (Å²) in [5, 5.41) is 3.12. The van der Waals surface area contributed by atoms with E-state index in [1.54, 1.807) is 0 Å². The minimum absolute atomic E-state index is 0.129. The highest BCUT2D eigenvalue weighted by atomic mass is 19.4. The van der Waals surface area contributed by atoms with Gasteiger partial charge in [0.15, 0.2) is 0 Å². The lowest BCUT2D eigenvalue weighted by molar-refractivity contribution is -0.137. The molecule has 0 radical (unpaired) electrons. The zero-order valence-corrected chi connectivity index (χ0v) is 13.7. The Hall–Kier alpha value is -1.30. The topological polar surface area (TPSA) is 34.1 Å². The van der Waals surface area contributed by atoms with E-state index in [0.717, 1.165) is 18.8 Å². The fourth-order valence-corrected chi connectivity index (χ4v) is 1.25. The van der Waals surface area contributed by atoms with Gasteiger partial charge in [-0.25, -0.2) is 4.98 Å². The molecule has 1 aromatic heterocycles. The molecule has 0 bridgehead atoms. The summed E-state index contributed by atoms with van der Waals surface area (Å²) in [6.45, 7) is 13.1. The van der Waals surface area contributed by atoms with Crippen LogP contribution in [0, 0.1) is 0 Å². The van der Waals surface area contributed by atoms with Crippen LogP contribution in [0.25, 0.3) is 0 Å². The highest BCUT2D eigenvalue weighted by Crippen LogP contribution is 2.29. The molecule has 0 aliphatic rings.